The molecular weight excluding hydrogens is 1150 g/mol. The smallest absolute Gasteiger partial charge is 0.530 e. The largest absolute Gasteiger partial charge is 0.531 e. The van der Waals surface area contributed by atoms with E-state index < -0.39 is 33.8 Å². The summed E-state index contributed by atoms with van der Waals surface area (Å²) in [7, 11) is -14.0. The average molecular weight is 1210 g/mol. The highest BCUT2D eigenvalue weighted by Crippen LogP contribution is 2.32. The Morgan fingerprint density at radius 1 is 0.136 bits per heavy atom. The zero-order chi connectivity index (χ0) is 59.3. The summed E-state index contributed by atoms with van der Waals surface area (Å²) in [6.07, 6.45) is 0. The molecule has 6 nitrogen and oxygen atoms in total. The lowest BCUT2D eigenvalue weighted by atomic mass is 10.3. The standard InChI is InChI=1S/C78H62O6Si4/c1-11-40-69(41-12-1)85(70-42-13-2-14-43-70,71-44-15-3-16-45-71)79-63-34-31-36-65(60-63)81-87(75-52-23-7-24-53-75,76-54-25-8-26-55-76)83-67-38-33-39-68(62-67)84-88(77-56-27-9-28-57-77,78-58-29-10-30-59-78)82-66-37-32-35-64(61-66)80-86(72-46-17-4-18-47-72,73-48-19-5-20-49-73)74-50-21-6-22-51-74/h1-62H. The van der Waals surface area contributed by atoms with Gasteiger partial charge in [-0.25, -0.2) is 0 Å². The Labute approximate surface area is 519 Å². The van der Waals surface area contributed by atoms with Crippen LogP contribution >= 0.6 is 0 Å². The molecule has 0 radical (unpaired) electrons. The second-order valence-corrected chi connectivity index (χ2v) is 33.5. The first-order chi connectivity index (χ1) is 43.5. The van der Waals surface area contributed by atoms with E-state index in [1.54, 1.807) is 0 Å². The van der Waals surface area contributed by atoms with Crippen LogP contribution in [-0.4, -0.2) is 33.8 Å². The Hall–Kier alpha value is -10.5. The first kappa shape index (κ1) is 56.6. The van der Waals surface area contributed by atoms with E-state index in [0.29, 0.717) is 34.5 Å². The molecule has 0 aliphatic rings. The van der Waals surface area contributed by atoms with Gasteiger partial charge >= 0.3 is 33.8 Å². The van der Waals surface area contributed by atoms with Crippen molar-refractivity contribution in [2.24, 2.45) is 0 Å². The summed E-state index contributed by atoms with van der Waals surface area (Å²) in [5.74, 6) is 3.64. The van der Waals surface area contributed by atoms with Gasteiger partial charge in [-0.1, -0.05) is 322 Å². The number of benzene rings is 13. The number of rotatable bonds is 22. The minimum absolute atomic E-state index is 0.552. The zero-order valence-corrected chi connectivity index (χ0v) is 52.2. The third-order valence-electron chi connectivity index (χ3n) is 15.7. The molecule has 88 heavy (non-hydrogen) atoms. The van der Waals surface area contributed by atoms with Crippen LogP contribution in [0.4, 0.5) is 0 Å². The molecule has 0 aromatic heterocycles. The number of hydrogen-bond acceptors (Lipinski definition) is 6. The van der Waals surface area contributed by atoms with Gasteiger partial charge in [0, 0.05) is 38.9 Å². The molecule has 0 aliphatic heterocycles. The average Bonchev–Trinajstić information content (AvgIpc) is 2.38. The molecule has 0 saturated heterocycles. The van der Waals surface area contributed by atoms with E-state index >= 15 is 0 Å². The maximum Gasteiger partial charge on any atom is 0.531 e. The maximum atomic E-state index is 7.65. The lowest BCUT2D eigenvalue weighted by molar-refractivity contribution is 0.405. The normalized spacial score (nSPS) is 11.6. The summed E-state index contributed by atoms with van der Waals surface area (Å²) in [5, 5.41) is 10.3. The van der Waals surface area contributed by atoms with E-state index in [0.717, 1.165) is 51.9 Å². The molecule has 13 aromatic carbocycles. The van der Waals surface area contributed by atoms with Crippen molar-refractivity contribution < 1.29 is 26.6 Å². The second kappa shape index (κ2) is 26.0. The molecule has 10 heteroatoms. The fourth-order valence-electron chi connectivity index (χ4n) is 11.7. The van der Waals surface area contributed by atoms with Gasteiger partial charge < -0.3 is 26.6 Å². The van der Waals surface area contributed by atoms with Crippen molar-refractivity contribution >= 4 is 85.6 Å². The molecule has 13 rings (SSSR count). The van der Waals surface area contributed by atoms with E-state index in [1.807, 2.05) is 146 Å². The van der Waals surface area contributed by atoms with Gasteiger partial charge in [-0.05, 0) is 67.5 Å². The van der Waals surface area contributed by atoms with Crippen molar-refractivity contribution in [1.82, 2.24) is 0 Å². The van der Waals surface area contributed by atoms with Crippen molar-refractivity contribution in [3.05, 3.63) is 376 Å². The summed E-state index contributed by atoms with van der Waals surface area (Å²) in [6.45, 7) is 0. The Bertz CT molecular complexity index is 3770. The van der Waals surface area contributed by atoms with Crippen LogP contribution in [0.15, 0.2) is 376 Å². The number of hydrogen-bond donors (Lipinski definition) is 0. The van der Waals surface area contributed by atoms with Gasteiger partial charge in [-0.15, -0.1) is 0 Å². The maximum absolute atomic E-state index is 7.65. The summed E-state index contributed by atoms with van der Waals surface area (Å²) in [6, 6.07) is 129. The topological polar surface area (TPSA) is 55.4 Å². The highest BCUT2D eigenvalue weighted by Gasteiger charge is 2.51. The summed E-state index contributed by atoms with van der Waals surface area (Å²) in [4.78, 5) is 0. The molecule has 0 heterocycles. The fourth-order valence-corrected chi connectivity index (χ4v) is 25.4. The third-order valence-corrected chi connectivity index (χ3v) is 30.1. The van der Waals surface area contributed by atoms with E-state index in [2.05, 4.69) is 231 Å². The quantitative estimate of drug-likeness (QED) is 0.0498. The summed E-state index contributed by atoms with van der Waals surface area (Å²) >= 11 is 0. The van der Waals surface area contributed by atoms with Crippen molar-refractivity contribution in [2.45, 2.75) is 0 Å². The third kappa shape index (κ3) is 11.7. The van der Waals surface area contributed by atoms with Crippen molar-refractivity contribution in [1.29, 1.82) is 0 Å². The van der Waals surface area contributed by atoms with Crippen LogP contribution in [0.5, 0.6) is 34.5 Å². The van der Waals surface area contributed by atoms with Gasteiger partial charge in [0.1, 0.15) is 34.5 Å². The van der Waals surface area contributed by atoms with Crippen molar-refractivity contribution in [3.63, 3.8) is 0 Å². The minimum Gasteiger partial charge on any atom is -0.530 e. The van der Waals surface area contributed by atoms with Gasteiger partial charge in [-0.2, -0.15) is 0 Å². The lowest BCUT2D eigenvalue weighted by Gasteiger charge is -2.35. The van der Waals surface area contributed by atoms with Crippen LogP contribution in [0.2, 0.25) is 0 Å². The van der Waals surface area contributed by atoms with Gasteiger partial charge in [-0.3, -0.25) is 0 Å². The van der Waals surface area contributed by atoms with Gasteiger partial charge in [0.15, 0.2) is 0 Å². The predicted octanol–water partition coefficient (Wildman–Crippen LogP) is 11.2. The van der Waals surface area contributed by atoms with Crippen LogP contribution in [0.25, 0.3) is 0 Å². The first-order valence-electron chi connectivity index (χ1n) is 29.5. The molecule has 0 aliphatic carbocycles. The fraction of sp³-hybridized carbons (Fsp3) is 0. The molecule has 0 bridgehead atoms. The zero-order valence-electron chi connectivity index (χ0n) is 48.2. The molecule has 0 saturated carbocycles. The molecule has 0 unspecified atom stereocenters. The Kier molecular flexibility index (Phi) is 16.7. The van der Waals surface area contributed by atoms with Crippen LogP contribution in [-0.2, 0) is 0 Å². The van der Waals surface area contributed by atoms with Crippen LogP contribution < -0.4 is 78.4 Å². The molecule has 0 fully saturated rings. The molecule has 0 spiro atoms. The lowest BCUT2D eigenvalue weighted by Crippen LogP contribution is -2.71. The monoisotopic (exact) mass is 1210 g/mol. The van der Waals surface area contributed by atoms with Crippen LogP contribution in [0, 0.1) is 0 Å². The second-order valence-electron chi connectivity index (χ2n) is 21.3. The minimum atomic E-state index is -3.80. The first-order valence-corrected chi connectivity index (χ1v) is 37.0. The Balaban J connectivity index is 0.896. The summed E-state index contributed by atoms with van der Waals surface area (Å²) in [5.41, 5.74) is 0. The van der Waals surface area contributed by atoms with E-state index in [1.165, 1.54) is 0 Å². The van der Waals surface area contributed by atoms with Crippen LogP contribution in [0.3, 0.4) is 0 Å². The van der Waals surface area contributed by atoms with E-state index in [4.69, 9.17) is 26.6 Å². The van der Waals surface area contributed by atoms with E-state index in [-0.39, 0.29) is 0 Å². The summed E-state index contributed by atoms with van der Waals surface area (Å²) < 4.78 is 45.8. The van der Waals surface area contributed by atoms with Gasteiger partial charge in [0.2, 0.25) is 0 Å². The Morgan fingerprint density at radius 3 is 0.455 bits per heavy atom. The van der Waals surface area contributed by atoms with Crippen molar-refractivity contribution in [2.75, 3.05) is 0 Å². The van der Waals surface area contributed by atoms with Gasteiger partial charge in [0.05, 0.1) is 0 Å². The molecule has 0 amide bonds. The molecule has 0 atom stereocenters. The highest BCUT2D eigenvalue weighted by molar-refractivity contribution is 7.08. The molecule has 13 aromatic rings. The predicted molar refractivity (Wildman–Crippen MR) is 367 cm³/mol. The molecular formula is C78H62O6Si4. The van der Waals surface area contributed by atoms with Crippen molar-refractivity contribution in [3.8, 4) is 34.5 Å². The Morgan fingerprint density at radius 2 is 0.284 bits per heavy atom. The highest BCUT2D eigenvalue weighted by atomic mass is 28.4. The van der Waals surface area contributed by atoms with Gasteiger partial charge in [0.25, 0.3) is 0 Å². The molecule has 426 valence electrons. The molecule has 0 N–H and O–H groups in total. The SMILES string of the molecule is c1ccc([Si](Oc2cccc(O[Si](Oc3cccc(O[Si](c4ccccc4)(c4ccccc4)c4ccccc4)c3)(c3ccccc3)c3ccccc3)c2)(Oc2cccc(O[Si](c3ccccc3)(c3ccccc3)c3ccccc3)c2)c2ccccc2)cc1. The van der Waals surface area contributed by atoms with E-state index in [9.17, 15) is 0 Å². The van der Waals surface area contributed by atoms with Crippen LogP contribution in [0.1, 0.15) is 0 Å².